The second-order valence-corrected chi connectivity index (χ2v) is 4.93. The summed E-state index contributed by atoms with van der Waals surface area (Å²) in [7, 11) is 3.50. The zero-order valence-corrected chi connectivity index (χ0v) is 12.3. The van der Waals surface area contributed by atoms with Gasteiger partial charge in [-0.2, -0.15) is 0 Å². The Morgan fingerprint density at radius 3 is 2.71 bits per heavy atom. The van der Waals surface area contributed by atoms with Crippen LogP contribution >= 0.6 is 0 Å². The second kappa shape index (κ2) is 6.41. The van der Waals surface area contributed by atoms with Crippen molar-refractivity contribution in [3.63, 3.8) is 0 Å². The molecule has 2 aromatic rings. The minimum atomic E-state index is -0.950. The number of ether oxygens (including phenoxy) is 1. The van der Waals surface area contributed by atoms with Gasteiger partial charge >= 0.3 is 5.97 Å². The summed E-state index contributed by atoms with van der Waals surface area (Å²) < 4.78 is 10.3. The number of carboxylic acid groups (broad SMARTS) is 1. The zero-order chi connectivity index (χ0) is 15.4. The monoisotopic (exact) mass is 290 g/mol. The molecule has 0 fully saturated rings. The Balaban J connectivity index is 2.13. The first kappa shape index (κ1) is 15.1. The predicted octanol–water partition coefficient (Wildman–Crippen LogP) is 2.32. The highest BCUT2D eigenvalue weighted by Crippen LogP contribution is 2.22. The van der Waals surface area contributed by atoms with E-state index in [9.17, 15) is 4.79 Å². The quantitative estimate of drug-likeness (QED) is 0.880. The normalized spacial score (nSPS) is 10.9. The lowest BCUT2D eigenvalue weighted by atomic mass is 10.1. The minimum absolute atomic E-state index is 0.247. The van der Waals surface area contributed by atoms with E-state index in [0.717, 1.165) is 17.0 Å². The van der Waals surface area contributed by atoms with Crippen molar-refractivity contribution >= 4 is 5.97 Å². The van der Waals surface area contributed by atoms with Crippen molar-refractivity contribution in [1.82, 2.24) is 10.1 Å². The van der Waals surface area contributed by atoms with Gasteiger partial charge in [0.15, 0.2) is 0 Å². The van der Waals surface area contributed by atoms with E-state index in [-0.39, 0.29) is 5.56 Å². The van der Waals surface area contributed by atoms with Crippen molar-refractivity contribution in [2.75, 3.05) is 14.2 Å². The number of carboxylic acids is 1. The standard InChI is InChI=1S/C15H18N2O4/c1-10-6-13(16-21-10)9-17(2)8-12-7-11(15(18)19)4-5-14(12)20-3/h4-7H,8-9H2,1-3H3,(H,18,19). The number of hydrogen-bond donors (Lipinski definition) is 1. The van der Waals surface area contributed by atoms with Gasteiger partial charge in [0.05, 0.1) is 18.4 Å². The Labute approximate surface area is 122 Å². The SMILES string of the molecule is COc1ccc(C(=O)O)cc1CN(C)Cc1cc(C)on1. The molecule has 0 bridgehead atoms. The Kier molecular flexibility index (Phi) is 4.59. The molecular weight excluding hydrogens is 272 g/mol. The average Bonchev–Trinajstić information content (AvgIpc) is 2.83. The predicted molar refractivity (Wildman–Crippen MR) is 76.4 cm³/mol. The van der Waals surface area contributed by atoms with Crippen molar-refractivity contribution in [2.24, 2.45) is 0 Å². The van der Waals surface area contributed by atoms with Gasteiger partial charge in [0, 0.05) is 24.7 Å². The molecule has 0 aliphatic rings. The second-order valence-electron chi connectivity index (χ2n) is 4.93. The molecule has 6 nitrogen and oxygen atoms in total. The number of hydrogen-bond acceptors (Lipinski definition) is 5. The van der Waals surface area contributed by atoms with Gasteiger partial charge in [-0.1, -0.05) is 5.16 Å². The number of rotatable bonds is 6. The fourth-order valence-corrected chi connectivity index (χ4v) is 2.15. The first-order valence-electron chi connectivity index (χ1n) is 6.50. The van der Waals surface area contributed by atoms with E-state index in [1.165, 1.54) is 6.07 Å². The number of methoxy groups -OCH3 is 1. The smallest absolute Gasteiger partial charge is 0.335 e. The van der Waals surface area contributed by atoms with E-state index in [2.05, 4.69) is 5.16 Å². The molecule has 6 heteroatoms. The molecule has 0 saturated heterocycles. The van der Waals surface area contributed by atoms with Crippen LogP contribution in [0.2, 0.25) is 0 Å². The number of aryl methyl sites for hydroxylation is 1. The molecule has 1 aromatic heterocycles. The molecule has 0 saturated carbocycles. The van der Waals surface area contributed by atoms with E-state index in [4.69, 9.17) is 14.4 Å². The number of benzene rings is 1. The lowest BCUT2D eigenvalue weighted by molar-refractivity contribution is 0.0696. The third kappa shape index (κ3) is 3.82. The number of aromatic carboxylic acids is 1. The third-order valence-corrected chi connectivity index (χ3v) is 3.08. The molecule has 0 radical (unpaired) electrons. The van der Waals surface area contributed by atoms with Gasteiger partial charge in [-0.3, -0.25) is 4.90 Å². The van der Waals surface area contributed by atoms with Crippen molar-refractivity contribution in [1.29, 1.82) is 0 Å². The van der Waals surface area contributed by atoms with E-state index >= 15 is 0 Å². The lowest BCUT2D eigenvalue weighted by Crippen LogP contribution is -2.18. The summed E-state index contributed by atoms with van der Waals surface area (Å²) in [6.07, 6.45) is 0. The third-order valence-electron chi connectivity index (χ3n) is 3.08. The van der Waals surface area contributed by atoms with Crippen molar-refractivity contribution in [3.05, 3.63) is 46.8 Å². The lowest BCUT2D eigenvalue weighted by Gasteiger charge is -2.17. The maximum atomic E-state index is 11.1. The summed E-state index contributed by atoms with van der Waals surface area (Å²) in [5.74, 6) is 0.487. The molecular formula is C15H18N2O4. The zero-order valence-electron chi connectivity index (χ0n) is 12.3. The molecule has 112 valence electrons. The van der Waals surface area contributed by atoms with Crippen LogP contribution < -0.4 is 4.74 Å². The maximum Gasteiger partial charge on any atom is 0.335 e. The Morgan fingerprint density at radius 1 is 1.38 bits per heavy atom. The van der Waals surface area contributed by atoms with Gasteiger partial charge in [0.25, 0.3) is 0 Å². The summed E-state index contributed by atoms with van der Waals surface area (Å²) in [5, 5.41) is 13.0. The Bertz CT molecular complexity index is 636. The molecule has 2 rings (SSSR count). The number of carbonyl (C=O) groups is 1. The largest absolute Gasteiger partial charge is 0.496 e. The van der Waals surface area contributed by atoms with Crippen LogP contribution in [0.3, 0.4) is 0 Å². The maximum absolute atomic E-state index is 11.1. The fourth-order valence-electron chi connectivity index (χ4n) is 2.15. The first-order chi connectivity index (χ1) is 9.99. The van der Waals surface area contributed by atoms with Crippen LogP contribution in [0.1, 0.15) is 27.4 Å². The molecule has 0 aliphatic carbocycles. The van der Waals surface area contributed by atoms with Crippen LogP contribution in [-0.4, -0.2) is 35.3 Å². The highest BCUT2D eigenvalue weighted by molar-refractivity contribution is 5.88. The molecule has 21 heavy (non-hydrogen) atoms. The van der Waals surface area contributed by atoms with Crippen molar-refractivity contribution in [3.8, 4) is 5.75 Å². The highest BCUT2D eigenvalue weighted by atomic mass is 16.5. The van der Waals surface area contributed by atoms with E-state index in [0.29, 0.717) is 18.8 Å². The molecule has 0 atom stereocenters. The van der Waals surface area contributed by atoms with Crippen LogP contribution in [0.25, 0.3) is 0 Å². The van der Waals surface area contributed by atoms with Gasteiger partial charge in [0.1, 0.15) is 11.5 Å². The molecule has 1 N–H and O–H groups in total. The summed E-state index contributed by atoms with van der Waals surface area (Å²) >= 11 is 0. The van der Waals surface area contributed by atoms with E-state index < -0.39 is 5.97 Å². The topological polar surface area (TPSA) is 75.8 Å². The van der Waals surface area contributed by atoms with Gasteiger partial charge < -0.3 is 14.4 Å². The molecule has 0 aliphatic heterocycles. The number of nitrogens with zero attached hydrogens (tertiary/aromatic N) is 2. The highest BCUT2D eigenvalue weighted by Gasteiger charge is 2.12. The van der Waals surface area contributed by atoms with Gasteiger partial charge in [0.2, 0.25) is 0 Å². The van der Waals surface area contributed by atoms with Crippen molar-refractivity contribution < 1.29 is 19.2 Å². The van der Waals surface area contributed by atoms with E-state index in [1.807, 2.05) is 24.9 Å². The summed E-state index contributed by atoms with van der Waals surface area (Å²) in [5.41, 5.74) is 1.90. The summed E-state index contributed by atoms with van der Waals surface area (Å²) in [4.78, 5) is 13.1. The molecule has 0 spiro atoms. The van der Waals surface area contributed by atoms with Crippen LogP contribution in [0.4, 0.5) is 0 Å². The first-order valence-corrected chi connectivity index (χ1v) is 6.50. The van der Waals surface area contributed by atoms with Crippen LogP contribution in [0, 0.1) is 6.92 Å². The Morgan fingerprint density at radius 2 is 2.14 bits per heavy atom. The van der Waals surface area contributed by atoms with Crippen LogP contribution in [0.15, 0.2) is 28.8 Å². The minimum Gasteiger partial charge on any atom is -0.496 e. The summed E-state index contributed by atoms with van der Waals surface area (Å²) in [6, 6.07) is 6.71. The van der Waals surface area contributed by atoms with Gasteiger partial charge in [-0.25, -0.2) is 4.79 Å². The number of aromatic nitrogens is 1. The average molecular weight is 290 g/mol. The molecule has 0 amide bonds. The molecule has 1 aromatic carbocycles. The van der Waals surface area contributed by atoms with E-state index in [1.54, 1.807) is 19.2 Å². The fraction of sp³-hybridized carbons (Fsp3) is 0.333. The van der Waals surface area contributed by atoms with Gasteiger partial charge in [-0.15, -0.1) is 0 Å². The van der Waals surface area contributed by atoms with Crippen molar-refractivity contribution in [2.45, 2.75) is 20.0 Å². The molecule has 1 heterocycles. The van der Waals surface area contributed by atoms with Crippen LogP contribution in [-0.2, 0) is 13.1 Å². The van der Waals surface area contributed by atoms with Gasteiger partial charge in [-0.05, 0) is 32.2 Å². The Hall–Kier alpha value is -2.34. The summed E-state index contributed by atoms with van der Waals surface area (Å²) in [6.45, 7) is 3.00. The molecule has 0 unspecified atom stereocenters. The van der Waals surface area contributed by atoms with Crippen LogP contribution in [0.5, 0.6) is 5.75 Å².